The van der Waals surface area contributed by atoms with Crippen molar-refractivity contribution in [2.45, 2.75) is 38.5 Å². The molecule has 21 heavy (non-hydrogen) atoms. The molecule has 2 heteroatoms. The van der Waals surface area contributed by atoms with Crippen molar-refractivity contribution in [2.75, 3.05) is 5.33 Å². The van der Waals surface area contributed by atoms with Gasteiger partial charge >= 0.3 is 0 Å². The van der Waals surface area contributed by atoms with Crippen LogP contribution in [0, 0.1) is 0 Å². The topological polar surface area (TPSA) is 0 Å². The Kier molecular flexibility index (Phi) is 5.51. The fraction of sp³-hybridized carbons (Fsp3) is 0.368. The Morgan fingerprint density at radius 3 is 2.24 bits per heavy atom. The first-order valence-electron chi connectivity index (χ1n) is 7.31. The van der Waals surface area contributed by atoms with Gasteiger partial charge < -0.3 is 0 Å². The maximum Gasteiger partial charge on any atom is 0.0408 e. The minimum absolute atomic E-state index is 0.209. The maximum absolute atomic E-state index is 6.10. The van der Waals surface area contributed by atoms with Gasteiger partial charge in [-0.05, 0) is 46.6 Å². The summed E-state index contributed by atoms with van der Waals surface area (Å²) in [4.78, 5) is 0. The number of halogens is 2. The number of rotatable bonds is 4. The molecule has 0 saturated carbocycles. The molecule has 0 aliphatic heterocycles. The van der Waals surface area contributed by atoms with Crippen molar-refractivity contribution in [1.82, 2.24) is 0 Å². The van der Waals surface area contributed by atoms with Gasteiger partial charge in [0.1, 0.15) is 0 Å². The summed E-state index contributed by atoms with van der Waals surface area (Å²) in [6, 6.07) is 17.2. The molecule has 0 saturated heterocycles. The van der Waals surface area contributed by atoms with Crippen LogP contribution in [0.5, 0.6) is 0 Å². The lowest BCUT2D eigenvalue weighted by Gasteiger charge is -2.20. The highest BCUT2D eigenvalue weighted by atomic mass is 79.9. The first-order valence-corrected chi connectivity index (χ1v) is 8.81. The van der Waals surface area contributed by atoms with Crippen molar-refractivity contribution in [3.8, 4) is 0 Å². The third-order valence-electron chi connectivity index (χ3n) is 3.81. The molecule has 1 atom stereocenters. The van der Waals surface area contributed by atoms with Crippen LogP contribution in [0.2, 0.25) is 5.02 Å². The molecule has 112 valence electrons. The second kappa shape index (κ2) is 6.98. The molecule has 2 aromatic rings. The summed E-state index contributed by atoms with van der Waals surface area (Å²) < 4.78 is 0. The summed E-state index contributed by atoms with van der Waals surface area (Å²) >= 11 is 9.74. The van der Waals surface area contributed by atoms with Crippen molar-refractivity contribution in [3.63, 3.8) is 0 Å². The fourth-order valence-corrected chi connectivity index (χ4v) is 3.25. The Labute approximate surface area is 141 Å². The molecule has 0 aromatic heterocycles. The molecule has 0 nitrogen and oxygen atoms in total. The summed E-state index contributed by atoms with van der Waals surface area (Å²) in [6.07, 6.45) is 1.02. The van der Waals surface area contributed by atoms with Gasteiger partial charge in [0.2, 0.25) is 0 Å². The van der Waals surface area contributed by atoms with Crippen LogP contribution in [-0.4, -0.2) is 5.33 Å². The SMILES string of the molecule is CC(C)(C)c1ccc(CC(CBr)c2cccc(Cl)c2)cc1. The van der Waals surface area contributed by atoms with E-state index in [1.54, 1.807) is 0 Å². The van der Waals surface area contributed by atoms with Gasteiger partial charge in [-0.3, -0.25) is 0 Å². The molecule has 2 aromatic carbocycles. The third kappa shape index (κ3) is 4.59. The highest BCUT2D eigenvalue weighted by molar-refractivity contribution is 9.09. The lowest BCUT2D eigenvalue weighted by atomic mass is 9.85. The lowest BCUT2D eigenvalue weighted by molar-refractivity contribution is 0.590. The molecule has 0 aliphatic carbocycles. The molecule has 0 radical (unpaired) electrons. The van der Waals surface area contributed by atoms with Crippen LogP contribution in [0.25, 0.3) is 0 Å². The summed E-state index contributed by atoms with van der Waals surface area (Å²) in [7, 11) is 0. The van der Waals surface area contributed by atoms with E-state index < -0.39 is 0 Å². The van der Waals surface area contributed by atoms with Crippen LogP contribution >= 0.6 is 27.5 Å². The Morgan fingerprint density at radius 1 is 1.05 bits per heavy atom. The Morgan fingerprint density at radius 2 is 1.71 bits per heavy atom. The number of alkyl halides is 1. The minimum atomic E-state index is 0.209. The van der Waals surface area contributed by atoms with Gasteiger partial charge in [-0.2, -0.15) is 0 Å². The largest absolute Gasteiger partial charge is 0.0921 e. The molecule has 0 bridgehead atoms. The molecule has 1 unspecified atom stereocenters. The van der Waals surface area contributed by atoms with Gasteiger partial charge in [-0.25, -0.2) is 0 Å². The molecular formula is C19H22BrCl. The molecule has 0 amide bonds. The van der Waals surface area contributed by atoms with Gasteiger partial charge in [0, 0.05) is 10.4 Å². The van der Waals surface area contributed by atoms with E-state index in [0.29, 0.717) is 5.92 Å². The molecule has 0 aliphatic rings. The van der Waals surface area contributed by atoms with E-state index in [1.165, 1.54) is 16.7 Å². The average molecular weight is 366 g/mol. The smallest absolute Gasteiger partial charge is 0.0408 e. The second-order valence-electron chi connectivity index (χ2n) is 6.56. The van der Waals surface area contributed by atoms with Crippen LogP contribution < -0.4 is 0 Å². The second-order valence-corrected chi connectivity index (χ2v) is 7.64. The highest BCUT2D eigenvalue weighted by Crippen LogP contribution is 2.27. The number of hydrogen-bond donors (Lipinski definition) is 0. The fourth-order valence-electron chi connectivity index (χ4n) is 2.45. The van der Waals surface area contributed by atoms with E-state index in [4.69, 9.17) is 11.6 Å². The highest BCUT2D eigenvalue weighted by Gasteiger charge is 2.15. The van der Waals surface area contributed by atoms with E-state index in [1.807, 2.05) is 12.1 Å². The average Bonchev–Trinajstić information content (AvgIpc) is 2.44. The van der Waals surface area contributed by atoms with E-state index >= 15 is 0 Å². The third-order valence-corrected chi connectivity index (χ3v) is 4.83. The zero-order valence-electron chi connectivity index (χ0n) is 12.9. The molecule has 0 spiro atoms. The molecule has 2 rings (SSSR count). The summed E-state index contributed by atoms with van der Waals surface area (Å²) in [5, 5.41) is 1.75. The van der Waals surface area contributed by atoms with E-state index in [9.17, 15) is 0 Å². The van der Waals surface area contributed by atoms with Gasteiger partial charge in [0.15, 0.2) is 0 Å². The zero-order valence-corrected chi connectivity index (χ0v) is 15.2. The van der Waals surface area contributed by atoms with Gasteiger partial charge in [-0.1, -0.05) is 84.7 Å². The Bertz CT molecular complexity index is 581. The number of hydrogen-bond acceptors (Lipinski definition) is 0. The first-order chi connectivity index (χ1) is 9.90. The van der Waals surface area contributed by atoms with Crippen LogP contribution in [0.3, 0.4) is 0 Å². The summed E-state index contributed by atoms with van der Waals surface area (Å²) in [6.45, 7) is 6.74. The van der Waals surface area contributed by atoms with Crippen molar-refractivity contribution in [3.05, 3.63) is 70.2 Å². The van der Waals surface area contributed by atoms with Crippen molar-refractivity contribution >= 4 is 27.5 Å². The summed E-state index contributed by atoms with van der Waals surface area (Å²) in [5.41, 5.74) is 4.25. The van der Waals surface area contributed by atoms with E-state index in [0.717, 1.165) is 16.8 Å². The standard InChI is InChI=1S/C19H22BrCl/c1-19(2,3)17-9-7-14(8-10-17)11-16(13-20)15-5-4-6-18(21)12-15/h4-10,12,16H,11,13H2,1-3H3. The van der Waals surface area contributed by atoms with Crippen LogP contribution in [0.4, 0.5) is 0 Å². The predicted molar refractivity (Wildman–Crippen MR) is 96.8 cm³/mol. The normalized spacial score (nSPS) is 13.2. The summed E-state index contributed by atoms with van der Waals surface area (Å²) in [5.74, 6) is 0.448. The number of benzene rings is 2. The van der Waals surface area contributed by atoms with Gasteiger partial charge in [0.25, 0.3) is 0 Å². The maximum atomic E-state index is 6.10. The van der Waals surface area contributed by atoms with Crippen molar-refractivity contribution in [2.24, 2.45) is 0 Å². The Hall–Kier alpha value is -0.790. The van der Waals surface area contributed by atoms with E-state index in [2.05, 4.69) is 73.1 Å². The minimum Gasteiger partial charge on any atom is -0.0921 e. The molecule has 0 N–H and O–H groups in total. The van der Waals surface area contributed by atoms with Gasteiger partial charge in [-0.15, -0.1) is 0 Å². The predicted octanol–water partition coefficient (Wildman–Crippen LogP) is 6.36. The Balaban J connectivity index is 2.15. The van der Waals surface area contributed by atoms with E-state index in [-0.39, 0.29) is 5.41 Å². The lowest BCUT2D eigenvalue weighted by Crippen LogP contribution is -2.11. The van der Waals surface area contributed by atoms with Gasteiger partial charge in [0.05, 0.1) is 0 Å². The molecule has 0 heterocycles. The van der Waals surface area contributed by atoms with Crippen LogP contribution in [0.1, 0.15) is 43.4 Å². The quantitative estimate of drug-likeness (QED) is 0.553. The first kappa shape index (κ1) is 16.6. The van der Waals surface area contributed by atoms with Crippen molar-refractivity contribution in [1.29, 1.82) is 0 Å². The van der Waals surface area contributed by atoms with Crippen molar-refractivity contribution < 1.29 is 0 Å². The van der Waals surface area contributed by atoms with Crippen LogP contribution in [-0.2, 0) is 11.8 Å². The van der Waals surface area contributed by atoms with Crippen LogP contribution in [0.15, 0.2) is 48.5 Å². The molecule has 0 fully saturated rings. The monoisotopic (exact) mass is 364 g/mol. The zero-order chi connectivity index (χ0) is 15.5. The molecular weight excluding hydrogens is 344 g/mol.